The molecule has 0 unspecified atom stereocenters. The highest BCUT2D eigenvalue weighted by Crippen LogP contribution is 2.21. The van der Waals surface area contributed by atoms with Crippen molar-refractivity contribution < 1.29 is 9.47 Å². The molecule has 0 amide bonds. The molecule has 7 heteroatoms. The summed E-state index contributed by atoms with van der Waals surface area (Å²) in [6.45, 7) is 1.40. The van der Waals surface area contributed by atoms with E-state index in [2.05, 4.69) is 17.0 Å². The fraction of sp³-hybridized carbons (Fsp3) is 0.300. The van der Waals surface area contributed by atoms with Gasteiger partial charge in [0.05, 0.1) is 20.9 Å². The van der Waals surface area contributed by atoms with Gasteiger partial charge in [-0.15, -0.1) is 0 Å². The average Bonchev–Trinajstić information content (AvgIpc) is 2.97. The molecule has 1 aromatic heterocycles. The van der Waals surface area contributed by atoms with E-state index in [-0.39, 0.29) is 0 Å². The lowest BCUT2D eigenvalue weighted by molar-refractivity contribution is 0.244. The first-order valence-electron chi connectivity index (χ1n) is 8.61. The minimum absolute atomic E-state index is 0.606. The Kier molecular flexibility index (Phi) is 5.93. The maximum absolute atomic E-state index is 5.57. The Morgan fingerprint density at radius 1 is 0.963 bits per heavy atom. The van der Waals surface area contributed by atoms with Gasteiger partial charge in [0, 0.05) is 19.2 Å². The molecule has 142 valence electrons. The number of hydrogen-bond acceptors (Lipinski definition) is 5. The zero-order chi connectivity index (χ0) is 19.4. The molecule has 27 heavy (non-hydrogen) atoms. The molecular weight excluding hydrogens is 360 g/mol. The molecule has 0 spiro atoms. The second-order valence-electron chi connectivity index (χ2n) is 6.40. The quantitative estimate of drug-likeness (QED) is 0.581. The Hall–Kier alpha value is -2.64. The van der Waals surface area contributed by atoms with Crippen LogP contribution in [0, 0.1) is 4.77 Å². The normalized spacial score (nSPS) is 11.0. The summed E-state index contributed by atoms with van der Waals surface area (Å²) in [5.74, 6) is 2.51. The minimum atomic E-state index is 0.606. The molecule has 0 saturated heterocycles. The molecular formula is C20H24N4O2S. The van der Waals surface area contributed by atoms with Gasteiger partial charge in [-0.05, 0) is 61.2 Å². The van der Waals surface area contributed by atoms with Gasteiger partial charge < -0.3 is 14.0 Å². The van der Waals surface area contributed by atoms with Crippen LogP contribution in [-0.4, -0.2) is 40.5 Å². The van der Waals surface area contributed by atoms with Crippen molar-refractivity contribution in [3.63, 3.8) is 0 Å². The lowest BCUT2D eigenvalue weighted by atomic mass is 10.2. The van der Waals surface area contributed by atoms with Gasteiger partial charge in [0.25, 0.3) is 0 Å². The Bertz CT molecular complexity index is 946. The van der Waals surface area contributed by atoms with Crippen LogP contribution in [0.5, 0.6) is 11.5 Å². The molecule has 0 aliphatic heterocycles. The van der Waals surface area contributed by atoms with Gasteiger partial charge in [-0.2, -0.15) is 5.10 Å². The van der Waals surface area contributed by atoms with Gasteiger partial charge in [0.2, 0.25) is 0 Å². The van der Waals surface area contributed by atoms with E-state index >= 15 is 0 Å². The molecule has 0 fully saturated rings. The SMILES string of the molecule is COc1ccc(CN(C)Cn2nc(-c3ccc(OC)cc3)n(C)c2=S)cc1. The van der Waals surface area contributed by atoms with E-state index in [0.717, 1.165) is 29.4 Å². The number of nitrogens with zero attached hydrogens (tertiary/aromatic N) is 4. The molecule has 0 aliphatic rings. The lowest BCUT2D eigenvalue weighted by Crippen LogP contribution is -2.22. The predicted molar refractivity (Wildman–Crippen MR) is 108 cm³/mol. The van der Waals surface area contributed by atoms with E-state index in [0.29, 0.717) is 11.4 Å². The zero-order valence-corrected chi connectivity index (χ0v) is 16.9. The van der Waals surface area contributed by atoms with Crippen LogP contribution in [0.25, 0.3) is 11.4 Å². The highest BCUT2D eigenvalue weighted by atomic mass is 32.1. The first-order chi connectivity index (χ1) is 13.0. The van der Waals surface area contributed by atoms with Crippen molar-refractivity contribution in [3.05, 3.63) is 58.9 Å². The number of benzene rings is 2. The van der Waals surface area contributed by atoms with Gasteiger partial charge in [0.1, 0.15) is 11.5 Å². The summed E-state index contributed by atoms with van der Waals surface area (Å²) in [7, 11) is 7.32. The molecule has 6 nitrogen and oxygen atoms in total. The molecule has 0 N–H and O–H groups in total. The lowest BCUT2D eigenvalue weighted by Gasteiger charge is -2.16. The Labute approximate surface area is 164 Å². The summed E-state index contributed by atoms with van der Waals surface area (Å²) in [6.07, 6.45) is 0. The number of rotatable bonds is 7. The van der Waals surface area contributed by atoms with E-state index in [1.165, 1.54) is 5.56 Å². The molecule has 0 radical (unpaired) electrons. The van der Waals surface area contributed by atoms with Crippen LogP contribution in [0.2, 0.25) is 0 Å². The summed E-state index contributed by atoms with van der Waals surface area (Å²) in [5.41, 5.74) is 2.21. The van der Waals surface area contributed by atoms with Crippen molar-refractivity contribution >= 4 is 12.2 Å². The van der Waals surface area contributed by atoms with Crippen molar-refractivity contribution in [1.29, 1.82) is 0 Å². The second kappa shape index (κ2) is 8.37. The summed E-state index contributed by atoms with van der Waals surface area (Å²) in [5, 5.41) is 4.72. The highest BCUT2D eigenvalue weighted by molar-refractivity contribution is 7.71. The molecule has 0 aliphatic carbocycles. The van der Waals surface area contributed by atoms with Crippen LogP contribution in [0.15, 0.2) is 48.5 Å². The van der Waals surface area contributed by atoms with Gasteiger partial charge in [0.15, 0.2) is 10.6 Å². The van der Waals surface area contributed by atoms with Crippen LogP contribution in [0.1, 0.15) is 5.56 Å². The highest BCUT2D eigenvalue weighted by Gasteiger charge is 2.12. The van der Waals surface area contributed by atoms with Crippen LogP contribution < -0.4 is 9.47 Å². The standard InChI is InChI=1S/C20H24N4O2S/c1-22(13-15-5-9-17(25-3)10-6-15)14-24-20(27)23(2)19(21-24)16-7-11-18(26-4)12-8-16/h5-12H,13-14H2,1-4H3. The molecule has 2 aromatic carbocycles. The molecule has 3 rings (SSSR count). The van der Waals surface area contributed by atoms with E-state index < -0.39 is 0 Å². The van der Waals surface area contributed by atoms with Gasteiger partial charge in [-0.1, -0.05) is 12.1 Å². The van der Waals surface area contributed by atoms with Crippen LogP contribution in [0.4, 0.5) is 0 Å². The molecule has 0 bridgehead atoms. The predicted octanol–water partition coefficient (Wildman–Crippen LogP) is 3.72. The number of aromatic nitrogens is 3. The largest absolute Gasteiger partial charge is 0.497 e. The van der Waals surface area contributed by atoms with Crippen molar-refractivity contribution in [2.24, 2.45) is 7.05 Å². The number of methoxy groups -OCH3 is 2. The molecule has 0 atom stereocenters. The maximum Gasteiger partial charge on any atom is 0.199 e. The van der Waals surface area contributed by atoms with Gasteiger partial charge in [-0.25, -0.2) is 4.68 Å². The third kappa shape index (κ3) is 4.37. The molecule has 3 aromatic rings. The van der Waals surface area contributed by atoms with Crippen LogP contribution in [-0.2, 0) is 20.3 Å². The Morgan fingerprint density at radius 2 is 1.52 bits per heavy atom. The summed E-state index contributed by atoms with van der Waals surface area (Å²) < 4.78 is 14.9. The Morgan fingerprint density at radius 3 is 2.07 bits per heavy atom. The summed E-state index contributed by atoms with van der Waals surface area (Å²) in [6, 6.07) is 15.9. The van der Waals surface area contributed by atoms with E-state index in [1.54, 1.807) is 14.2 Å². The smallest absolute Gasteiger partial charge is 0.199 e. The molecule has 1 heterocycles. The van der Waals surface area contributed by atoms with Crippen molar-refractivity contribution in [1.82, 2.24) is 19.2 Å². The second-order valence-corrected chi connectivity index (χ2v) is 6.76. The number of ether oxygens (including phenoxy) is 2. The zero-order valence-electron chi connectivity index (χ0n) is 16.0. The van der Waals surface area contributed by atoms with Crippen molar-refractivity contribution in [2.75, 3.05) is 21.3 Å². The first-order valence-corrected chi connectivity index (χ1v) is 9.02. The fourth-order valence-corrected chi connectivity index (χ4v) is 3.08. The van der Waals surface area contributed by atoms with E-state index in [4.69, 9.17) is 26.8 Å². The molecule has 0 saturated carbocycles. The fourth-order valence-electron chi connectivity index (χ4n) is 2.89. The third-order valence-electron chi connectivity index (χ3n) is 4.38. The monoisotopic (exact) mass is 384 g/mol. The van der Waals surface area contributed by atoms with Gasteiger partial charge in [-0.3, -0.25) is 4.90 Å². The van der Waals surface area contributed by atoms with Gasteiger partial charge >= 0.3 is 0 Å². The topological polar surface area (TPSA) is 44.4 Å². The summed E-state index contributed by atoms with van der Waals surface area (Å²) >= 11 is 5.57. The van der Waals surface area contributed by atoms with Crippen LogP contribution >= 0.6 is 12.2 Å². The van der Waals surface area contributed by atoms with Crippen LogP contribution in [0.3, 0.4) is 0 Å². The van der Waals surface area contributed by atoms with Crippen molar-refractivity contribution in [2.45, 2.75) is 13.2 Å². The maximum atomic E-state index is 5.57. The van der Waals surface area contributed by atoms with Crippen molar-refractivity contribution in [3.8, 4) is 22.9 Å². The Balaban J connectivity index is 1.75. The third-order valence-corrected chi connectivity index (χ3v) is 4.86. The first kappa shape index (κ1) is 19.1. The minimum Gasteiger partial charge on any atom is -0.497 e. The summed E-state index contributed by atoms with van der Waals surface area (Å²) in [4.78, 5) is 2.17. The van der Waals surface area contributed by atoms with E-state index in [9.17, 15) is 0 Å². The number of hydrogen-bond donors (Lipinski definition) is 0. The van der Waals surface area contributed by atoms with E-state index in [1.807, 2.05) is 59.7 Å². The average molecular weight is 385 g/mol.